The largest absolute Gasteiger partial charge is 0.354 e. The number of amides is 1. The fraction of sp³-hybridized carbons (Fsp3) is 0.933. The van der Waals surface area contributed by atoms with Crippen LogP contribution in [0.2, 0.25) is 0 Å². The van der Waals surface area contributed by atoms with Gasteiger partial charge in [0.2, 0.25) is 5.91 Å². The van der Waals surface area contributed by atoms with E-state index in [1.807, 2.05) is 0 Å². The molecule has 2 aliphatic rings. The van der Waals surface area contributed by atoms with Gasteiger partial charge in [-0.15, -0.1) is 12.4 Å². The molecule has 1 atom stereocenters. The first-order valence-electron chi connectivity index (χ1n) is 7.69. The summed E-state index contributed by atoms with van der Waals surface area (Å²) in [4.78, 5) is 14.7. The zero-order valence-corrected chi connectivity index (χ0v) is 13.9. The predicted molar refractivity (Wildman–Crippen MR) is 85.3 cm³/mol. The van der Waals surface area contributed by atoms with Crippen LogP contribution < -0.4 is 10.6 Å². The highest BCUT2D eigenvalue weighted by Crippen LogP contribution is 2.30. The van der Waals surface area contributed by atoms with Gasteiger partial charge in [-0.25, -0.2) is 0 Å². The van der Waals surface area contributed by atoms with E-state index in [9.17, 15) is 4.79 Å². The molecule has 0 aromatic heterocycles. The molecule has 0 spiro atoms. The third-order valence-corrected chi connectivity index (χ3v) is 4.79. The molecule has 1 unspecified atom stereocenters. The summed E-state index contributed by atoms with van der Waals surface area (Å²) in [6.45, 7) is 8.52. The zero-order valence-electron chi connectivity index (χ0n) is 13.1. The molecule has 0 saturated carbocycles. The van der Waals surface area contributed by atoms with Gasteiger partial charge in [-0.1, -0.05) is 13.8 Å². The third-order valence-electron chi connectivity index (χ3n) is 4.79. The molecule has 2 heterocycles. The normalized spacial score (nSPS) is 27.6. The SMILES string of the molecule is CN1CCC(CNC(=O)C2NCCCC2(C)C)CC1.Cl. The Balaban J connectivity index is 0.00000200. The fourth-order valence-corrected chi connectivity index (χ4v) is 3.27. The maximum Gasteiger partial charge on any atom is 0.237 e. The van der Waals surface area contributed by atoms with Gasteiger partial charge in [0.05, 0.1) is 6.04 Å². The minimum atomic E-state index is -0.0208. The van der Waals surface area contributed by atoms with Gasteiger partial charge in [-0.3, -0.25) is 4.79 Å². The highest BCUT2D eigenvalue weighted by molar-refractivity contribution is 5.85. The Kier molecular flexibility index (Phi) is 6.76. The van der Waals surface area contributed by atoms with Crippen LogP contribution in [0.15, 0.2) is 0 Å². The standard InChI is InChI=1S/C15H29N3O.ClH/c1-15(2)7-4-8-16-13(15)14(19)17-11-12-5-9-18(3)10-6-12;/h12-13,16H,4-11H2,1-3H3,(H,17,19);1H. The van der Waals surface area contributed by atoms with E-state index in [-0.39, 0.29) is 29.8 Å². The van der Waals surface area contributed by atoms with E-state index in [0.29, 0.717) is 5.92 Å². The second kappa shape index (κ2) is 7.62. The van der Waals surface area contributed by atoms with Crippen molar-refractivity contribution in [3.63, 3.8) is 0 Å². The second-order valence-corrected chi connectivity index (χ2v) is 6.97. The van der Waals surface area contributed by atoms with Crippen LogP contribution in [0, 0.1) is 11.3 Å². The molecule has 118 valence electrons. The summed E-state index contributed by atoms with van der Waals surface area (Å²) in [5, 5.41) is 6.56. The van der Waals surface area contributed by atoms with Crippen LogP contribution in [0.5, 0.6) is 0 Å². The average Bonchev–Trinajstić information content (AvgIpc) is 2.37. The molecule has 0 aliphatic carbocycles. The van der Waals surface area contributed by atoms with Crippen molar-refractivity contribution in [2.75, 3.05) is 33.2 Å². The first-order valence-corrected chi connectivity index (χ1v) is 7.69. The van der Waals surface area contributed by atoms with Crippen molar-refractivity contribution < 1.29 is 4.79 Å². The fourth-order valence-electron chi connectivity index (χ4n) is 3.27. The van der Waals surface area contributed by atoms with Crippen LogP contribution >= 0.6 is 12.4 Å². The van der Waals surface area contributed by atoms with Crippen LogP contribution in [0.25, 0.3) is 0 Å². The number of carbonyl (C=O) groups is 1. The number of hydrogen-bond donors (Lipinski definition) is 2. The summed E-state index contributed by atoms with van der Waals surface area (Å²) in [5.41, 5.74) is 0.0785. The van der Waals surface area contributed by atoms with E-state index in [0.717, 1.165) is 32.6 Å². The Hall–Kier alpha value is -0.320. The summed E-state index contributed by atoms with van der Waals surface area (Å²) in [7, 11) is 2.17. The molecule has 2 fully saturated rings. The maximum atomic E-state index is 12.3. The molecule has 2 saturated heterocycles. The summed E-state index contributed by atoms with van der Waals surface area (Å²) in [6, 6.07) is -0.0208. The number of likely N-dealkylation sites (tertiary alicyclic amines) is 1. The van der Waals surface area contributed by atoms with Gasteiger partial charge < -0.3 is 15.5 Å². The van der Waals surface area contributed by atoms with Crippen LogP contribution in [0.3, 0.4) is 0 Å². The number of halogens is 1. The minimum Gasteiger partial charge on any atom is -0.354 e. The van der Waals surface area contributed by atoms with Crippen molar-refractivity contribution in [3.05, 3.63) is 0 Å². The van der Waals surface area contributed by atoms with Crippen LogP contribution in [0.1, 0.15) is 39.5 Å². The summed E-state index contributed by atoms with van der Waals surface area (Å²) in [6.07, 6.45) is 4.72. The number of rotatable bonds is 3. The number of nitrogens with one attached hydrogen (secondary N) is 2. The molecule has 1 amide bonds. The summed E-state index contributed by atoms with van der Waals surface area (Å²) < 4.78 is 0. The molecule has 20 heavy (non-hydrogen) atoms. The van der Waals surface area contributed by atoms with Crippen molar-refractivity contribution >= 4 is 18.3 Å². The molecule has 0 bridgehead atoms. The maximum absolute atomic E-state index is 12.3. The van der Waals surface area contributed by atoms with E-state index in [1.54, 1.807) is 0 Å². The van der Waals surface area contributed by atoms with E-state index in [1.165, 1.54) is 19.3 Å². The highest BCUT2D eigenvalue weighted by Gasteiger charge is 2.37. The van der Waals surface area contributed by atoms with Gasteiger partial charge in [0.15, 0.2) is 0 Å². The lowest BCUT2D eigenvalue weighted by Crippen LogP contribution is -2.56. The van der Waals surface area contributed by atoms with Gasteiger partial charge in [0.1, 0.15) is 0 Å². The Morgan fingerprint density at radius 2 is 2.00 bits per heavy atom. The van der Waals surface area contributed by atoms with Gasteiger partial charge in [-0.05, 0) is 63.7 Å². The lowest BCUT2D eigenvalue weighted by atomic mass is 9.77. The second-order valence-electron chi connectivity index (χ2n) is 6.97. The predicted octanol–water partition coefficient (Wildman–Crippen LogP) is 1.64. The smallest absolute Gasteiger partial charge is 0.237 e. The van der Waals surface area contributed by atoms with Crippen molar-refractivity contribution in [3.8, 4) is 0 Å². The van der Waals surface area contributed by atoms with E-state index in [2.05, 4.69) is 36.4 Å². The van der Waals surface area contributed by atoms with Crippen molar-refractivity contribution in [1.29, 1.82) is 0 Å². The van der Waals surface area contributed by atoms with Crippen LogP contribution in [-0.4, -0.2) is 50.1 Å². The van der Waals surface area contributed by atoms with Crippen LogP contribution in [-0.2, 0) is 4.79 Å². The highest BCUT2D eigenvalue weighted by atomic mass is 35.5. The van der Waals surface area contributed by atoms with Crippen LogP contribution in [0.4, 0.5) is 0 Å². The molecule has 5 heteroatoms. The van der Waals surface area contributed by atoms with Gasteiger partial charge in [0, 0.05) is 6.54 Å². The van der Waals surface area contributed by atoms with Crippen molar-refractivity contribution in [2.24, 2.45) is 11.3 Å². The quantitative estimate of drug-likeness (QED) is 0.833. The van der Waals surface area contributed by atoms with Gasteiger partial charge in [-0.2, -0.15) is 0 Å². The third kappa shape index (κ3) is 4.61. The first-order chi connectivity index (χ1) is 8.99. The van der Waals surface area contributed by atoms with Crippen molar-refractivity contribution in [1.82, 2.24) is 15.5 Å². The summed E-state index contributed by atoms with van der Waals surface area (Å²) in [5.74, 6) is 0.857. The molecule has 2 N–H and O–H groups in total. The average molecular weight is 304 g/mol. The lowest BCUT2D eigenvalue weighted by molar-refractivity contribution is -0.127. The van der Waals surface area contributed by atoms with E-state index < -0.39 is 0 Å². The molecule has 0 radical (unpaired) electrons. The van der Waals surface area contributed by atoms with E-state index in [4.69, 9.17) is 0 Å². The molecule has 0 aromatic rings. The molecule has 4 nitrogen and oxygen atoms in total. The lowest BCUT2D eigenvalue weighted by Gasteiger charge is -2.38. The molecule has 2 rings (SSSR count). The topological polar surface area (TPSA) is 44.4 Å². The number of piperidine rings is 2. The molecule has 2 aliphatic heterocycles. The molecular weight excluding hydrogens is 274 g/mol. The van der Waals surface area contributed by atoms with Gasteiger partial charge in [0.25, 0.3) is 0 Å². The monoisotopic (exact) mass is 303 g/mol. The number of hydrogen-bond acceptors (Lipinski definition) is 3. The number of carbonyl (C=O) groups excluding carboxylic acids is 1. The first kappa shape index (κ1) is 17.7. The van der Waals surface area contributed by atoms with Crippen molar-refractivity contribution in [2.45, 2.75) is 45.6 Å². The Labute approximate surface area is 129 Å². The number of nitrogens with zero attached hydrogens (tertiary/aromatic N) is 1. The molecular formula is C15H30ClN3O. The summed E-state index contributed by atoms with van der Waals surface area (Å²) >= 11 is 0. The Morgan fingerprint density at radius 3 is 2.60 bits per heavy atom. The minimum absolute atomic E-state index is 0. The molecule has 0 aromatic carbocycles. The Bertz CT molecular complexity index is 314. The zero-order chi connectivity index (χ0) is 13.9. The Morgan fingerprint density at radius 1 is 1.35 bits per heavy atom. The van der Waals surface area contributed by atoms with Gasteiger partial charge >= 0.3 is 0 Å². The van der Waals surface area contributed by atoms with E-state index >= 15 is 0 Å².